The Hall–Kier alpha value is -3.54. The van der Waals surface area contributed by atoms with E-state index in [0.717, 1.165) is 16.0 Å². The number of aromatic hydroxyl groups is 1. The van der Waals surface area contributed by atoms with Crippen LogP contribution in [-0.2, 0) is 11.0 Å². The Kier molecular flexibility index (Phi) is 6.14. The second-order valence-electron chi connectivity index (χ2n) is 7.88. The van der Waals surface area contributed by atoms with Crippen molar-refractivity contribution in [2.24, 2.45) is 4.76 Å². The molecule has 0 spiro atoms. The molecule has 0 bridgehead atoms. The third-order valence-electron chi connectivity index (χ3n) is 5.55. The fourth-order valence-electron chi connectivity index (χ4n) is 3.98. The second-order valence-corrected chi connectivity index (χ2v) is 10.4. The minimum atomic E-state index is -3.99. The monoisotopic (exact) mass is 490 g/mol. The minimum absolute atomic E-state index is 0.184. The summed E-state index contributed by atoms with van der Waals surface area (Å²) in [7, 11) is -2.09. The van der Waals surface area contributed by atoms with Crippen LogP contribution in [0.3, 0.4) is 0 Å². The Labute approximate surface area is 202 Å². The Morgan fingerprint density at radius 2 is 1.59 bits per heavy atom. The standard InChI is InChI=1S/C26H23N2O4PS/c1-28-25(17-19-14-15-20(29)18-23(19)26(28)24-13-8-16-34-24)27-33(30,31-21-9-4-2-5-10-21)32-22-11-6-3-7-12-22/h2-16,18,26,29H,17H2,1H3/b27-25-. The average Bonchev–Trinajstić information content (AvgIpc) is 3.35. The molecular weight excluding hydrogens is 467 g/mol. The molecule has 2 heterocycles. The van der Waals surface area contributed by atoms with Crippen LogP contribution in [0.5, 0.6) is 17.2 Å². The molecule has 1 atom stereocenters. The van der Waals surface area contributed by atoms with Gasteiger partial charge < -0.3 is 19.1 Å². The summed E-state index contributed by atoms with van der Waals surface area (Å²) in [6, 6.07) is 27.0. The third kappa shape index (κ3) is 4.72. The molecule has 4 aromatic rings. The molecular formula is C26H23N2O4PS. The molecule has 34 heavy (non-hydrogen) atoms. The summed E-state index contributed by atoms with van der Waals surface area (Å²) in [6.07, 6.45) is 0.425. The van der Waals surface area contributed by atoms with Crippen LogP contribution in [-0.4, -0.2) is 22.9 Å². The predicted molar refractivity (Wildman–Crippen MR) is 135 cm³/mol. The summed E-state index contributed by atoms with van der Waals surface area (Å²) in [5.41, 5.74) is 1.99. The Morgan fingerprint density at radius 3 is 2.18 bits per heavy atom. The van der Waals surface area contributed by atoms with Crippen LogP contribution in [0, 0.1) is 0 Å². The normalized spacial score (nSPS) is 16.8. The molecule has 0 fully saturated rings. The highest BCUT2D eigenvalue weighted by atomic mass is 32.1. The maximum Gasteiger partial charge on any atom is 0.564 e. The first kappa shape index (κ1) is 22.3. The van der Waals surface area contributed by atoms with Crippen molar-refractivity contribution >= 4 is 24.9 Å². The Morgan fingerprint density at radius 1 is 0.941 bits per heavy atom. The first-order chi connectivity index (χ1) is 16.5. The molecule has 1 aliphatic heterocycles. The largest absolute Gasteiger partial charge is 0.564 e. The van der Waals surface area contributed by atoms with Crippen LogP contribution >= 0.6 is 19.1 Å². The van der Waals surface area contributed by atoms with Gasteiger partial charge in [0, 0.05) is 18.3 Å². The number of phenols is 1. The fraction of sp³-hybridized carbons (Fsp3) is 0.115. The smallest absolute Gasteiger partial charge is 0.508 e. The van der Waals surface area contributed by atoms with E-state index in [0.29, 0.717) is 23.8 Å². The lowest BCUT2D eigenvalue weighted by Crippen LogP contribution is -2.37. The van der Waals surface area contributed by atoms with Crippen molar-refractivity contribution in [2.75, 3.05) is 7.05 Å². The summed E-state index contributed by atoms with van der Waals surface area (Å²) in [5.74, 6) is 1.60. The lowest BCUT2D eigenvalue weighted by atomic mass is 9.91. The van der Waals surface area contributed by atoms with Crippen molar-refractivity contribution in [3.8, 4) is 17.2 Å². The van der Waals surface area contributed by atoms with Crippen molar-refractivity contribution in [1.82, 2.24) is 4.90 Å². The number of likely N-dealkylation sites (N-methyl/N-ethyl adjacent to an activating group) is 1. The molecule has 0 amide bonds. The maximum absolute atomic E-state index is 14.0. The Balaban J connectivity index is 1.58. The molecule has 1 N–H and O–H groups in total. The van der Waals surface area contributed by atoms with E-state index in [9.17, 15) is 9.67 Å². The number of thiophene rings is 1. The van der Waals surface area contributed by atoms with Gasteiger partial charge in [0.1, 0.15) is 23.1 Å². The number of nitrogens with zero attached hydrogens (tertiary/aromatic N) is 2. The van der Waals surface area contributed by atoms with E-state index in [4.69, 9.17) is 9.05 Å². The zero-order chi connectivity index (χ0) is 23.5. The predicted octanol–water partition coefficient (Wildman–Crippen LogP) is 6.70. The summed E-state index contributed by atoms with van der Waals surface area (Å²) >= 11 is 1.62. The first-order valence-corrected chi connectivity index (χ1v) is 13.1. The number of hydrogen-bond donors (Lipinski definition) is 1. The minimum Gasteiger partial charge on any atom is -0.508 e. The molecule has 1 aromatic heterocycles. The summed E-state index contributed by atoms with van der Waals surface area (Å²) in [4.78, 5) is 3.06. The summed E-state index contributed by atoms with van der Waals surface area (Å²) in [6.45, 7) is 0. The molecule has 0 radical (unpaired) electrons. The molecule has 0 aliphatic carbocycles. The van der Waals surface area contributed by atoms with Crippen LogP contribution in [0.1, 0.15) is 22.0 Å². The van der Waals surface area contributed by atoms with E-state index in [2.05, 4.69) is 4.76 Å². The topological polar surface area (TPSA) is 71.4 Å². The number of phenolic OH excluding ortho intramolecular Hbond substituents is 1. The molecule has 1 aliphatic rings. The van der Waals surface area contributed by atoms with Gasteiger partial charge in [-0.15, -0.1) is 16.1 Å². The molecule has 3 aromatic carbocycles. The van der Waals surface area contributed by atoms with Gasteiger partial charge in [-0.1, -0.05) is 48.5 Å². The van der Waals surface area contributed by atoms with Gasteiger partial charge in [0.2, 0.25) is 0 Å². The van der Waals surface area contributed by atoms with Crippen molar-refractivity contribution in [3.63, 3.8) is 0 Å². The highest BCUT2D eigenvalue weighted by Gasteiger charge is 2.36. The van der Waals surface area contributed by atoms with Crippen molar-refractivity contribution < 1.29 is 18.7 Å². The van der Waals surface area contributed by atoms with Gasteiger partial charge in [0.25, 0.3) is 0 Å². The highest BCUT2D eigenvalue weighted by Crippen LogP contribution is 2.51. The van der Waals surface area contributed by atoms with Gasteiger partial charge in [-0.2, -0.15) is 0 Å². The van der Waals surface area contributed by atoms with Crippen LogP contribution in [0.4, 0.5) is 0 Å². The highest BCUT2D eigenvalue weighted by molar-refractivity contribution is 7.53. The zero-order valence-electron chi connectivity index (χ0n) is 18.4. The number of fused-ring (bicyclic) bond motifs is 1. The van der Waals surface area contributed by atoms with E-state index in [1.54, 1.807) is 72.0 Å². The fourth-order valence-corrected chi connectivity index (χ4v) is 6.25. The van der Waals surface area contributed by atoms with E-state index in [1.165, 1.54) is 0 Å². The van der Waals surface area contributed by atoms with E-state index in [-0.39, 0.29) is 11.8 Å². The second kappa shape index (κ2) is 9.37. The quantitative estimate of drug-likeness (QED) is 0.305. The molecule has 8 heteroatoms. The average molecular weight is 491 g/mol. The molecule has 1 unspecified atom stereocenters. The Bertz CT molecular complexity index is 1300. The lowest BCUT2D eigenvalue weighted by Gasteiger charge is -2.37. The third-order valence-corrected chi connectivity index (χ3v) is 7.83. The number of para-hydroxylation sites is 2. The van der Waals surface area contributed by atoms with Gasteiger partial charge in [0.15, 0.2) is 0 Å². The molecule has 6 nitrogen and oxygen atoms in total. The summed E-state index contributed by atoms with van der Waals surface area (Å²) in [5, 5.41) is 12.2. The lowest BCUT2D eigenvalue weighted by molar-refractivity contribution is 0.380. The molecule has 5 rings (SSSR count). The molecule has 172 valence electrons. The van der Waals surface area contributed by atoms with Gasteiger partial charge in [-0.05, 0) is 59.0 Å². The van der Waals surface area contributed by atoms with Crippen LogP contribution in [0.25, 0.3) is 0 Å². The number of benzene rings is 3. The summed E-state index contributed by atoms with van der Waals surface area (Å²) < 4.78 is 30.4. The SMILES string of the molecule is CN1/C(=N\P(=O)(Oc2ccccc2)Oc2ccccc2)Cc2ccc(O)cc2C1c1cccs1. The van der Waals surface area contributed by atoms with Crippen molar-refractivity contribution in [2.45, 2.75) is 12.5 Å². The van der Waals surface area contributed by atoms with E-state index in [1.807, 2.05) is 47.7 Å². The van der Waals surface area contributed by atoms with Gasteiger partial charge >= 0.3 is 7.75 Å². The van der Waals surface area contributed by atoms with Gasteiger partial charge in [-0.25, -0.2) is 4.57 Å². The maximum atomic E-state index is 14.0. The number of rotatable bonds is 6. The zero-order valence-corrected chi connectivity index (χ0v) is 20.2. The van der Waals surface area contributed by atoms with E-state index >= 15 is 0 Å². The van der Waals surface area contributed by atoms with Gasteiger partial charge in [-0.3, -0.25) is 0 Å². The molecule has 0 saturated heterocycles. The van der Waals surface area contributed by atoms with Crippen molar-refractivity contribution in [3.05, 3.63) is 112 Å². The van der Waals surface area contributed by atoms with Crippen molar-refractivity contribution in [1.29, 1.82) is 0 Å². The van der Waals surface area contributed by atoms with Crippen LogP contribution < -0.4 is 9.05 Å². The molecule has 0 saturated carbocycles. The van der Waals surface area contributed by atoms with E-state index < -0.39 is 7.75 Å². The van der Waals surface area contributed by atoms with Gasteiger partial charge in [0.05, 0.1) is 6.04 Å². The number of amidine groups is 1. The number of hydrogen-bond acceptors (Lipinski definition) is 5. The van der Waals surface area contributed by atoms with Crippen LogP contribution in [0.2, 0.25) is 0 Å². The van der Waals surface area contributed by atoms with Crippen LogP contribution in [0.15, 0.2) is 101 Å². The first-order valence-electron chi connectivity index (χ1n) is 10.8.